The van der Waals surface area contributed by atoms with Gasteiger partial charge in [-0.05, 0) is 18.6 Å². The van der Waals surface area contributed by atoms with Crippen molar-refractivity contribution in [3.05, 3.63) is 18.2 Å². The number of nitrogens with two attached hydrogens (primary N) is 1. The second-order valence-corrected chi connectivity index (χ2v) is 5.75. The highest BCUT2D eigenvalue weighted by molar-refractivity contribution is 7.90. The fraction of sp³-hybridized carbons (Fsp3) is 0.455. The molecule has 6 heteroatoms. The quantitative estimate of drug-likeness (QED) is 0.590. The van der Waals surface area contributed by atoms with Gasteiger partial charge in [0.1, 0.15) is 0 Å². The molecule has 0 saturated heterocycles. The van der Waals surface area contributed by atoms with Crippen molar-refractivity contribution in [1.82, 2.24) is 0 Å². The van der Waals surface area contributed by atoms with Crippen molar-refractivity contribution in [3.8, 4) is 0 Å². The summed E-state index contributed by atoms with van der Waals surface area (Å²) in [6.45, 7) is 1.34. The zero-order valence-electron chi connectivity index (χ0n) is 10.1. The molecule has 0 unspecified atom stereocenters. The van der Waals surface area contributed by atoms with E-state index in [1.165, 1.54) is 6.07 Å². The van der Waals surface area contributed by atoms with Crippen LogP contribution in [0.3, 0.4) is 0 Å². The number of para-hydroxylation sites is 1. The Morgan fingerprint density at radius 2 is 2.12 bits per heavy atom. The van der Waals surface area contributed by atoms with Gasteiger partial charge in [-0.15, -0.1) is 0 Å². The van der Waals surface area contributed by atoms with Crippen LogP contribution in [0.25, 0.3) is 0 Å². The third kappa shape index (κ3) is 3.90. The fourth-order valence-corrected chi connectivity index (χ4v) is 2.30. The van der Waals surface area contributed by atoms with E-state index in [1.807, 2.05) is 0 Å². The predicted octanol–water partition coefficient (Wildman–Crippen LogP) is 1.12. The third-order valence-electron chi connectivity index (χ3n) is 2.31. The summed E-state index contributed by atoms with van der Waals surface area (Å²) in [7, 11) is -1.64. The molecule has 0 heterocycles. The molecule has 0 aliphatic rings. The van der Waals surface area contributed by atoms with Crippen LogP contribution in [0.2, 0.25) is 0 Å². The number of ether oxygens (including phenoxy) is 1. The molecule has 96 valence electrons. The van der Waals surface area contributed by atoms with Crippen LogP contribution in [0.15, 0.2) is 23.1 Å². The molecule has 1 aromatic rings. The number of hydrogen-bond acceptors (Lipinski definition) is 5. The van der Waals surface area contributed by atoms with Crippen molar-refractivity contribution in [1.29, 1.82) is 0 Å². The van der Waals surface area contributed by atoms with Gasteiger partial charge in [0.2, 0.25) is 0 Å². The summed E-state index contributed by atoms with van der Waals surface area (Å²) < 4.78 is 27.8. The van der Waals surface area contributed by atoms with Crippen molar-refractivity contribution >= 4 is 21.2 Å². The smallest absolute Gasteiger partial charge is 0.177 e. The van der Waals surface area contributed by atoms with Crippen molar-refractivity contribution in [2.24, 2.45) is 0 Å². The monoisotopic (exact) mass is 258 g/mol. The Bertz CT molecular complexity index is 472. The van der Waals surface area contributed by atoms with Crippen LogP contribution in [-0.4, -0.2) is 34.9 Å². The molecule has 0 bridgehead atoms. The highest BCUT2D eigenvalue weighted by atomic mass is 32.2. The van der Waals surface area contributed by atoms with Gasteiger partial charge in [0.25, 0.3) is 0 Å². The SMILES string of the molecule is COCCCNc1cccc(S(C)(=O)=O)c1N. The summed E-state index contributed by atoms with van der Waals surface area (Å²) in [6, 6.07) is 4.94. The van der Waals surface area contributed by atoms with Crippen LogP contribution in [0.1, 0.15) is 6.42 Å². The molecule has 1 rings (SSSR count). The van der Waals surface area contributed by atoms with Crippen LogP contribution in [0, 0.1) is 0 Å². The Labute approximate surface area is 102 Å². The lowest BCUT2D eigenvalue weighted by atomic mass is 10.2. The molecule has 3 N–H and O–H groups in total. The second-order valence-electron chi connectivity index (χ2n) is 3.76. The number of nitrogen functional groups attached to an aromatic ring is 1. The van der Waals surface area contributed by atoms with Gasteiger partial charge in [0.15, 0.2) is 9.84 Å². The average molecular weight is 258 g/mol. The average Bonchev–Trinajstić information content (AvgIpc) is 2.25. The number of anilines is 2. The maximum absolute atomic E-state index is 11.5. The fourth-order valence-electron chi connectivity index (χ4n) is 1.46. The molecule has 0 aromatic heterocycles. The lowest BCUT2D eigenvalue weighted by Gasteiger charge is -2.11. The first kappa shape index (κ1) is 13.8. The van der Waals surface area contributed by atoms with Gasteiger partial charge in [-0.1, -0.05) is 6.07 Å². The number of sulfone groups is 1. The topological polar surface area (TPSA) is 81.4 Å². The number of hydrogen-bond donors (Lipinski definition) is 2. The first-order chi connectivity index (χ1) is 7.96. The standard InChI is InChI=1S/C11H18N2O3S/c1-16-8-4-7-13-9-5-3-6-10(11(9)12)17(2,14)15/h3,5-6,13H,4,7-8,12H2,1-2H3. The maximum Gasteiger partial charge on any atom is 0.177 e. The van der Waals surface area contributed by atoms with Gasteiger partial charge in [-0.25, -0.2) is 8.42 Å². The van der Waals surface area contributed by atoms with Gasteiger partial charge >= 0.3 is 0 Å². The summed E-state index contributed by atoms with van der Waals surface area (Å²) in [5, 5.41) is 3.09. The number of nitrogens with one attached hydrogen (secondary N) is 1. The molecule has 5 nitrogen and oxygen atoms in total. The van der Waals surface area contributed by atoms with Gasteiger partial charge in [0.05, 0.1) is 16.3 Å². The normalized spacial score (nSPS) is 11.4. The van der Waals surface area contributed by atoms with E-state index >= 15 is 0 Å². The zero-order valence-corrected chi connectivity index (χ0v) is 10.9. The van der Waals surface area contributed by atoms with Crippen molar-refractivity contribution < 1.29 is 13.2 Å². The van der Waals surface area contributed by atoms with E-state index in [-0.39, 0.29) is 10.6 Å². The van der Waals surface area contributed by atoms with Crippen LogP contribution in [0.4, 0.5) is 11.4 Å². The molecule has 0 aliphatic heterocycles. The number of rotatable bonds is 6. The minimum absolute atomic E-state index is 0.161. The van der Waals surface area contributed by atoms with Crippen LogP contribution >= 0.6 is 0 Å². The number of benzene rings is 1. The molecule has 0 aliphatic carbocycles. The Balaban J connectivity index is 2.81. The van der Waals surface area contributed by atoms with Crippen molar-refractivity contribution in [2.75, 3.05) is 37.6 Å². The Morgan fingerprint density at radius 3 is 2.71 bits per heavy atom. The summed E-state index contributed by atoms with van der Waals surface area (Å²) in [5.74, 6) is 0. The summed E-state index contributed by atoms with van der Waals surface area (Å²) in [5.41, 5.74) is 6.72. The second kappa shape index (κ2) is 5.88. The van der Waals surface area contributed by atoms with Crippen molar-refractivity contribution in [2.45, 2.75) is 11.3 Å². The summed E-state index contributed by atoms with van der Waals surface area (Å²) in [4.78, 5) is 0.161. The Hall–Kier alpha value is -1.27. The Morgan fingerprint density at radius 1 is 1.41 bits per heavy atom. The van der Waals surface area contributed by atoms with E-state index in [0.717, 1.165) is 12.7 Å². The van der Waals surface area contributed by atoms with Gasteiger partial charge < -0.3 is 15.8 Å². The van der Waals surface area contributed by atoms with Gasteiger partial charge in [0, 0.05) is 26.5 Å². The lowest BCUT2D eigenvalue weighted by Crippen LogP contribution is -2.09. The van der Waals surface area contributed by atoms with Gasteiger partial charge in [-0.2, -0.15) is 0 Å². The molecule has 17 heavy (non-hydrogen) atoms. The molecule has 1 aromatic carbocycles. The predicted molar refractivity (Wildman–Crippen MR) is 68.9 cm³/mol. The molecule has 0 atom stereocenters. The highest BCUT2D eigenvalue weighted by Crippen LogP contribution is 2.26. The maximum atomic E-state index is 11.5. The molecular weight excluding hydrogens is 240 g/mol. The highest BCUT2D eigenvalue weighted by Gasteiger charge is 2.13. The summed E-state index contributed by atoms with van der Waals surface area (Å²) >= 11 is 0. The molecule has 0 radical (unpaired) electrons. The van der Waals surface area contributed by atoms with E-state index in [2.05, 4.69) is 5.32 Å². The first-order valence-corrected chi connectivity index (χ1v) is 7.17. The molecule has 0 spiro atoms. The molecule has 0 amide bonds. The van der Waals surface area contributed by atoms with E-state index < -0.39 is 9.84 Å². The molecule has 0 saturated carbocycles. The van der Waals surface area contributed by atoms with Crippen molar-refractivity contribution in [3.63, 3.8) is 0 Å². The largest absolute Gasteiger partial charge is 0.396 e. The van der Waals surface area contributed by atoms with Gasteiger partial charge in [-0.3, -0.25) is 0 Å². The van der Waals surface area contributed by atoms with Crippen LogP contribution < -0.4 is 11.1 Å². The summed E-state index contributed by atoms with van der Waals surface area (Å²) in [6.07, 6.45) is 1.98. The van der Waals surface area contributed by atoms with E-state index in [0.29, 0.717) is 18.8 Å². The number of methoxy groups -OCH3 is 1. The lowest BCUT2D eigenvalue weighted by molar-refractivity contribution is 0.198. The minimum atomic E-state index is -3.28. The Kier molecular flexibility index (Phi) is 4.77. The van der Waals surface area contributed by atoms with Crippen LogP contribution in [-0.2, 0) is 14.6 Å². The molecular formula is C11H18N2O3S. The molecule has 0 fully saturated rings. The zero-order chi connectivity index (χ0) is 12.9. The minimum Gasteiger partial charge on any atom is -0.396 e. The van der Waals surface area contributed by atoms with E-state index in [1.54, 1.807) is 19.2 Å². The first-order valence-electron chi connectivity index (χ1n) is 5.28. The van der Waals surface area contributed by atoms with Crippen LogP contribution in [0.5, 0.6) is 0 Å². The van der Waals surface area contributed by atoms with E-state index in [4.69, 9.17) is 10.5 Å². The third-order valence-corrected chi connectivity index (χ3v) is 3.46. The van der Waals surface area contributed by atoms with E-state index in [9.17, 15) is 8.42 Å².